The molecule has 2 aromatic heterocycles. The zero-order valence-electron chi connectivity index (χ0n) is 29.6. The Labute approximate surface area is 314 Å². The molecule has 2 aromatic carbocycles. The number of ether oxygens (including phenoxy) is 3. The molecule has 0 saturated carbocycles. The Morgan fingerprint density at radius 1 is 1.06 bits per heavy atom. The summed E-state index contributed by atoms with van der Waals surface area (Å²) in [7, 11) is 1.07. The third-order valence-corrected chi connectivity index (χ3v) is 10.5. The number of esters is 1. The lowest BCUT2D eigenvalue weighted by molar-refractivity contribution is -0.150. The number of nitrogens with one attached hydrogen (secondary N) is 1. The number of rotatable bonds is 12. The number of carbonyl (C=O) groups is 3. The molecule has 3 aliphatic rings. The van der Waals surface area contributed by atoms with Gasteiger partial charge in [-0.2, -0.15) is 0 Å². The number of fused-ring (bicyclic) bond motifs is 1. The van der Waals surface area contributed by atoms with Crippen molar-refractivity contribution in [2.75, 3.05) is 39.9 Å². The first-order chi connectivity index (χ1) is 26.0. The van der Waals surface area contributed by atoms with Crippen LogP contribution in [0.2, 0.25) is 5.02 Å². The molecule has 3 fully saturated rings. The second-order valence-electron chi connectivity index (χ2n) is 13.9. The molecule has 2 atom stereocenters. The lowest BCUT2D eigenvalue weighted by Gasteiger charge is -2.32. The van der Waals surface area contributed by atoms with Gasteiger partial charge < -0.3 is 29.0 Å². The van der Waals surface area contributed by atoms with Crippen molar-refractivity contribution in [1.29, 1.82) is 0 Å². The SMILES string of the molecule is COC(=O)[C@@H]1CC(F)(F)CN1C(=O)CNC(=O)c1ccc2c(c1)nc(CN1CCC(c3cccc(OCc4ccc(Cl)cc4F)n3)CC1)n2C[C@@H]1CCO1. The van der Waals surface area contributed by atoms with Crippen LogP contribution in [0, 0.1) is 5.82 Å². The van der Waals surface area contributed by atoms with E-state index >= 15 is 0 Å². The molecule has 12 nitrogen and oxygen atoms in total. The second kappa shape index (κ2) is 15.9. The largest absolute Gasteiger partial charge is 0.473 e. The highest BCUT2D eigenvalue weighted by atomic mass is 35.5. The van der Waals surface area contributed by atoms with E-state index in [-0.39, 0.29) is 24.2 Å². The van der Waals surface area contributed by atoms with Crippen molar-refractivity contribution in [2.45, 2.75) is 69.4 Å². The maximum atomic E-state index is 14.2. The lowest BCUT2D eigenvalue weighted by atomic mass is 9.93. The number of nitrogens with zero attached hydrogens (tertiary/aromatic N) is 5. The minimum absolute atomic E-state index is 0.0397. The molecule has 0 bridgehead atoms. The number of imidazole rings is 1. The van der Waals surface area contributed by atoms with E-state index in [1.165, 1.54) is 6.07 Å². The Kier molecular flexibility index (Phi) is 11.1. The second-order valence-corrected chi connectivity index (χ2v) is 14.3. The van der Waals surface area contributed by atoms with Crippen LogP contribution in [0.5, 0.6) is 5.88 Å². The molecule has 4 aromatic rings. The third kappa shape index (κ3) is 8.48. The summed E-state index contributed by atoms with van der Waals surface area (Å²) >= 11 is 5.86. The van der Waals surface area contributed by atoms with Gasteiger partial charge in [0.25, 0.3) is 11.8 Å². The molecule has 3 saturated heterocycles. The molecule has 0 spiro atoms. The normalized spacial score (nSPS) is 20.1. The highest BCUT2D eigenvalue weighted by Gasteiger charge is 2.50. The summed E-state index contributed by atoms with van der Waals surface area (Å²) in [6, 6.07) is 13.8. The van der Waals surface area contributed by atoms with Gasteiger partial charge >= 0.3 is 5.97 Å². The first-order valence-electron chi connectivity index (χ1n) is 17.9. The number of likely N-dealkylation sites (tertiary alicyclic amines) is 2. The van der Waals surface area contributed by atoms with Crippen LogP contribution in [0.4, 0.5) is 13.2 Å². The van der Waals surface area contributed by atoms with Gasteiger partial charge in [0.05, 0.1) is 50.4 Å². The molecule has 5 heterocycles. The van der Waals surface area contributed by atoms with Crippen molar-refractivity contribution in [3.63, 3.8) is 0 Å². The van der Waals surface area contributed by atoms with E-state index in [9.17, 15) is 27.6 Å². The number of alkyl halides is 2. The molecule has 0 aliphatic carbocycles. The van der Waals surface area contributed by atoms with Crippen LogP contribution in [0.25, 0.3) is 11.0 Å². The van der Waals surface area contributed by atoms with Crippen LogP contribution >= 0.6 is 11.6 Å². The summed E-state index contributed by atoms with van der Waals surface area (Å²) in [5.74, 6) is -4.50. The van der Waals surface area contributed by atoms with E-state index in [2.05, 4.69) is 19.5 Å². The summed E-state index contributed by atoms with van der Waals surface area (Å²) in [6.07, 6.45) is 1.90. The number of carbonyl (C=O) groups excluding carboxylic acids is 3. The lowest BCUT2D eigenvalue weighted by Crippen LogP contribution is -2.46. The van der Waals surface area contributed by atoms with Gasteiger partial charge in [0, 0.05) is 46.9 Å². The number of aromatic nitrogens is 3. The van der Waals surface area contributed by atoms with Crippen molar-refractivity contribution in [2.24, 2.45) is 0 Å². The minimum Gasteiger partial charge on any atom is -0.473 e. The van der Waals surface area contributed by atoms with Crippen LogP contribution in [-0.4, -0.2) is 100 Å². The van der Waals surface area contributed by atoms with E-state index in [4.69, 9.17) is 31.0 Å². The van der Waals surface area contributed by atoms with Crippen LogP contribution < -0.4 is 10.1 Å². The first kappa shape index (κ1) is 37.6. The number of hydrogen-bond acceptors (Lipinski definition) is 9. The summed E-state index contributed by atoms with van der Waals surface area (Å²) < 4.78 is 60.6. The van der Waals surface area contributed by atoms with E-state index in [0.717, 1.165) is 61.4 Å². The Morgan fingerprint density at radius 2 is 1.85 bits per heavy atom. The van der Waals surface area contributed by atoms with E-state index in [1.807, 2.05) is 18.2 Å². The van der Waals surface area contributed by atoms with E-state index in [1.54, 1.807) is 30.3 Å². The van der Waals surface area contributed by atoms with Gasteiger partial charge in [0.2, 0.25) is 11.8 Å². The van der Waals surface area contributed by atoms with Crippen molar-refractivity contribution >= 4 is 40.4 Å². The maximum absolute atomic E-state index is 14.2. The van der Waals surface area contributed by atoms with Crippen LogP contribution in [-0.2, 0) is 38.8 Å². The highest BCUT2D eigenvalue weighted by Crippen LogP contribution is 2.33. The van der Waals surface area contributed by atoms with E-state index in [0.29, 0.717) is 41.7 Å². The molecular weight excluding hydrogens is 729 g/mol. The van der Waals surface area contributed by atoms with Gasteiger partial charge in [-0.1, -0.05) is 23.7 Å². The molecule has 7 rings (SSSR count). The predicted molar refractivity (Wildman–Crippen MR) is 191 cm³/mol. The van der Waals surface area contributed by atoms with Gasteiger partial charge in [-0.3, -0.25) is 14.5 Å². The standard InChI is InChI=1S/C38H40ClF3N6O6/c1-52-37(51)32-17-38(41,42)22-48(32)35(49)18-43-36(50)24-6-8-31-30(15-24)44-33(47(31)19-27-11-14-53-27)20-46-12-9-23(10-13-46)29-3-2-4-34(45-29)54-21-25-5-7-26(39)16-28(25)40/h2-8,15-16,23,27,32H,9-14,17-22H2,1H3,(H,43,50)/t27-,32-/m0/s1. The number of hydrogen-bond donors (Lipinski definition) is 1. The molecule has 54 heavy (non-hydrogen) atoms. The van der Waals surface area contributed by atoms with Crippen LogP contribution in [0.1, 0.15) is 59.0 Å². The smallest absolute Gasteiger partial charge is 0.328 e. The summed E-state index contributed by atoms with van der Waals surface area (Å²) in [6.45, 7) is 2.05. The summed E-state index contributed by atoms with van der Waals surface area (Å²) in [5.41, 5.74) is 3.00. The highest BCUT2D eigenvalue weighted by molar-refractivity contribution is 6.30. The Morgan fingerprint density at radius 3 is 2.57 bits per heavy atom. The molecular formula is C38H40ClF3N6O6. The van der Waals surface area contributed by atoms with Gasteiger partial charge in [-0.05, 0) is 68.8 Å². The fourth-order valence-electron chi connectivity index (χ4n) is 7.18. The third-order valence-electron chi connectivity index (χ3n) is 10.2. The zero-order valence-corrected chi connectivity index (χ0v) is 30.4. The average molecular weight is 769 g/mol. The fraction of sp³-hybridized carbons (Fsp3) is 0.447. The van der Waals surface area contributed by atoms with Crippen molar-refractivity contribution in [3.05, 3.63) is 88.1 Å². The first-order valence-corrected chi connectivity index (χ1v) is 18.2. The molecule has 0 radical (unpaired) electrons. The maximum Gasteiger partial charge on any atom is 0.328 e. The Balaban J connectivity index is 0.983. The topological polar surface area (TPSA) is 128 Å². The quantitative estimate of drug-likeness (QED) is 0.196. The monoisotopic (exact) mass is 768 g/mol. The van der Waals surface area contributed by atoms with Gasteiger partial charge in [-0.15, -0.1) is 0 Å². The van der Waals surface area contributed by atoms with Crippen molar-refractivity contribution < 1.29 is 41.8 Å². The number of amides is 2. The number of piperidine rings is 1. The number of pyridine rings is 1. The number of halogens is 4. The average Bonchev–Trinajstić information content (AvgIpc) is 3.66. The number of methoxy groups -OCH3 is 1. The van der Waals surface area contributed by atoms with Gasteiger partial charge in [-0.25, -0.2) is 27.9 Å². The van der Waals surface area contributed by atoms with E-state index < -0.39 is 55.1 Å². The Hall–Kier alpha value is -4.73. The fourth-order valence-corrected chi connectivity index (χ4v) is 7.34. The molecule has 2 amide bonds. The Bertz CT molecular complexity index is 2040. The van der Waals surface area contributed by atoms with Crippen LogP contribution in [0.3, 0.4) is 0 Å². The molecule has 0 unspecified atom stereocenters. The number of benzene rings is 2. The summed E-state index contributed by atoms with van der Waals surface area (Å²) in [5, 5.41) is 2.82. The van der Waals surface area contributed by atoms with Gasteiger partial charge in [0.1, 0.15) is 24.3 Å². The molecule has 286 valence electrons. The van der Waals surface area contributed by atoms with Crippen molar-refractivity contribution in [3.8, 4) is 5.88 Å². The van der Waals surface area contributed by atoms with Gasteiger partial charge in [0.15, 0.2) is 0 Å². The predicted octanol–water partition coefficient (Wildman–Crippen LogP) is 5.11. The molecule has 16 heteroatoms. The minimum atomic E-state index is -3.23. The zero-order chi connectivity index (χ0) is 38.0. The molecule has 1 N–H and O–H groups in total. The van der Waals surface area contributed by atoms with Crippen LogP contribution in [0.15, 0.2) is 54.6 Å². The summed E-state index contributed by atoms with van der Waals surface area (Å²) in [4.78, 5) is 50.7. The van der Waals surface area contributed by atoms with Crippen molar-refractivity contribution in [1.82, 2.24) is 29.7 Å². The molecule has 3 aliphatic heterocycles.